The van der Waals surface area contributed by atoms with Crippen LogP contribution in [-0.2, 0) is 0 Å². The summed E-state index contributed by atoms with van der Waals surface area (Å²) in [7, 11) is 3.81. The molecule has 3 heteroatoms. The molecule has 3 nitrogen and oxygen atoms in total. The number of hydrogen-bond donors (Lipinski definition) is 2. The number of rotatable bonds is 3. The highest BCUT2D eigenvalue weighted by Gasteiger charge is 2.13. The van der Waals surface area contributed by atoms with Gasteiger partial charge in [0.05, 0.1) is 6.21 Å². The fraction of sp³-hybridized carbons (Fsp3) is 0.667. The van der Waals surface area contributed by atoms with Crippen LogP contribution in [-0.4, -0.2) is 26.4 Å². The number of nitrogens with one attached hydrogen (secondary N) is 2. The van der Waals surface area contributed by atoms with Gasteiger partial charge >= 0.3 is 0 Å². The maximum absolute atomic E-state index is 4.01. The van der Waals surface area contributed by atoms with Gasteiger partial charge in [-0.05, 0) is 31.9 Å². The van der Waals surface area contributed by atoms with Gasteiger partial charge in [0.25, 0.3) is 0 Å². The highest BCUT2D eigenvalue weighted by atomic mass is 15.3. The highest BCUT2D eigenvalue weighted by molar-refractivity contribution is 5.80. The lowest BCUT2D eigenvalue weighted by Crippen LogP contribution is -2.30. The van der Waals surface area contributed by atoms with Crippen LogP contribution in [0.2, 0.25) is 0 Å². The fourth-order valence-electron chi connectivity index (χ4n) is 1.49. The van der Waals surface area contributed by atoms with E-state index in [4.69, 9.17) is 0 Å². The monoisotopic (exact) mass is 167 g/mol. The van der Waals surface area contributed by atoms with Gasteiger partial charge in [-0.2, -0.15) is 5.10 Å². The lowest BCUT2D eigenvalue weighted by atomic mass is 9.95. The van der Waals surface area contributed by atoms with E-state index < -0.39 is 0 Å². The molecule has 0 aliphatic heterocycles. The summed E-state index contributed by atoms with van der Waals surface area (Å²) in [5.41, 5.74) is 4.06. The van der Waals surface area contributed by atoms with Gasteiger partial charge in [-0.3, -0.25) is 0 Å². The summed E-state index contributed by atoms with van der Waals surface area (Å²) in [4.78, 5) is 0. The van der Waals surface area contributed by atoms with Crippen molar-refractivity contribution in [3.63, 3.8) is 0 Å². The SMILES string of the molecule is CN/N=C\C1=CCCC[C@H]1NC. The van der Waals surface area contributed by atoms with Gasteiger partial charge in [0.2, 0.25) is 0 Å². The van der Waals surface area contributed by atoms with Crippen molar-refractivity contribution in [3.05, 3.63) is 11.6 Å². The molecular weight excluding hydrogens is 150 g/mol. The largest absolute Gasteiger partial charge is 0.313 e. The van der Waals surface area contributed by atoms with E-state index in [1.165, 1.54) is 24.8 Å². The molecule has 0 radical (unpaired) electrons. The second-order valence-electron chi connectivity index (χ2n) is 2.96. The minimum absolute atomic E-state index is 0.496. The van der Waals surface area contributed by atoms with Crippen molar-refractivity contribution in [1.82, 2.24) is 10.7 Å². The minimum Gasteiger partial charge on any atom is -0.313 e. The Kier molecular flexibility index (Phi) is 3.80. The molecule has 1 rings (SSSR count). The summed E-state index contributed by atoms with van der Waals surface area (Å²) >= 11 is 0. The third-order valence-electron chi connectivity index (χ3n) is 2.17. The Morgan fingerprint density at radius 2 is 2.42 bits per heavy atom. The second kappa shape index (κ2) is 4.93. The number of hydrazone groups is 1. The van der Waals surface area contributed by atoms with Crippen LogP contribution in [0.25, 0.3) is 0 Å². The minimum atomic E-state index is 0.496. The average Bonchev–Trinajstić information content (AvgIpc) is 2.15. The Hall–Kier alpha value is -0.830. The molecule has 1 aliphatic rings. The van der Waals surface area contributed by atoms with Gasteiger partial charge in [-0.25, -0.2) is 0 Å². The third kappa shape index (κ3) is 2.34. The molecule has 0 saturated heterocycles. The van der Waals surface area contributed by atoms with E-state index in [-0.39, 0.29) is 0 Å². The van der Waals surface area contributed by atoms with Crippen LogP contribution in [0.3, 0.4) is 0 Å². The molecule has 1 atom stereocenters. The Balaban J connectivity index is 2.57. The Morgan fingerprint density at radius 1 is 1.58 bits per heavy atom. The summed E-state index contributed by atoms with van der Waals surface area (Å²) in [6.07, 6.45) is 7.84. The molecule has 0 fully saturated rings. The summed E-state index contributed by atoms with van der Waals surface area (Å²) in [6, 6.07) is 0.496. The van der Waals surface area contributed by atoms with Crippen LogP contribution in [0, 0.1) is 0 Å². The van der Waals surface area contributed by atoms with Crippen LogP contribution < -0.4 is 10.7 Å². The molecule has 68 valence electrons. The topological polar surface area (TPSA) is 36.4 Å². The zero-order valence-corrected chi connectivity index (χ0v) is 7.80. The van der Waals surface area contributed by atoms with Crippen LogP contribution in [0.5, 0.6) is 0 Å². The smallest absolute Gasteiger partial charge is 0.0512 e. The second-order valence-corrected chi connectivity index (χ2v) is 2.96. The highest BCUT2D eigenvalue weighted by Crippen LogP contribution is 2.16. The molecule has 12 heavy (non-hydrogen) atoms. The zero-order chi connectivity index (χ0) is 8.81. The molecule has 2 N–H and O–H groups in total. The fourth-order valence-corrected chi connectivity index (χ4v) is 1.49. The molecule has 0 aromatic carbocycles. The van der Waals surface area contributed by atoms with Crippen LogP contribution >= 0.6 is 0 Å². The van der Waals surface area contributed by atoms with Crippen molar-refractivity contribution in [1.29, 1.82) is 0 Å². The Morgan fingerprint density at radius 3 is 3.08 bits per heavy atom. The molecule has 0 aromatic heterocycles. The van der Waals surface area contributed by atoms with E-state index >= 15 is 0 Å². The van der Waals surface area contributed by atoms with Crippen molar-refractivity contribution in [3.8, 4) is 0 Å². The van der Waals surface area contributed by atoms with Crippen LogP contribution in [0.15, 0.2) is 16.8 Å². The van der Waals surface area contributed by atoms with Gasteiger partial charge in [0, 0.05) is 13.1 Å². The van der Waals surface area contributed by atoms with E-state index in [0.29, 0.717) is 6.04 Å². The van der Waals surface area contributed by atoms with Gasteiger partial charge < -0.3 is 10.7 Å². The van der Waals surface area contributed by atoms with Crippen molar-refractivity contribution in [2.24, 2.45) is 5.10 Å². The first-order chi connectivity index (χ1) is 5.88. The molecule has 1 aliphatic carbocycles. The normalized spacial score (nSPS) is 24.2. The molecule has 0 saturated carbocycles. The van der Waals surface area contributed by atoms with Crippen LogP contribution in [0.4, 0.5) is 0 Å². The lowest BCUT2D eigenvalue weighted by molar-refractivity contribution is 0.555. The first kappa shape index (κ1) is 9.26. The summed E-state index contributed by atoms with van der Waals surface area (Å²) < 4.78 is 0. The number of hydrogen-bond acceptors (Lipinski definition) is 3. The van der Waals surface area contributed by atoms with E-state index in [9.17, 15) is 0 Å². The first-order valence-corrected chi connectivity index (χ1v) is 4.45. The summed E-state index contributed by atoms with van der Waals surface area (Å²) in [5, 5.41) is 7.29. The van der Waals surface area contributed by atoms with Gasteiger partial charge in [0.15, 0.2) is 0 Å². The zero-order valence-electron chi connectivity index (χ0n) is 7.80. The van der Waals surface area contributed by atoms with Crippen molar-refractivity contribution in [2.75, 3.05) is 14.1 Å². The molecule has 0 aromatic rings. The standard InChI is InChI=1S/C9H17N3/c1-10-9-6-4-3-5-8(9)7-12-11-2/h5,7,9-11H,3-4,6H2,1-2H3/b12-7-/t9-/m1/s1. The summed E-state index contributed by atoms with van der Waals surface area (Å²) in [5.74, 6) is 0. The maximum Gasteiger partial charge on any atom is 0.0512 e. The van der Waals surface area contributed by atoms with E-state index in [1.807, 2.05) is 20.3 Å². The molecule has 0 heterocycles. The molecule has 0 unspecified atom stereocenters. The van der Waals surface area contributed by atoms with Gasteiger partial charge in [0.1, 0.15) is 0 Å². The molecule has 0 amide bonds. The summed E-state index contributed by atoms with van der Waals surface area (Å²) in [6.45, 7) is 0. The number of likely N-dealkylation sites (N-methyl/N-ethyl adjacent to an activating group) is 1. The molecular formula is C9H17N3. The predicted molar refractivity (Wildman–Crippen MR) is 52.3 cm³/mol. The van der Waals surface area contributed by atoms with E-state index in [1.54, 1.807) is 0 Å². The predicted octanol–water partition coefficient (Wildman–Crippen LogP) is 0.890. The van der Waals surface area contributed by atoms with Gasteiger partial charge in [-0.1, -0.05) is 6.08 Å². The van der Waals surface area contributed by atoms with E-state index in [2.05, 4.69) is 21.9 Å². The lowest BCUT2D eigenvalue weighted by Gasteiger charge is -2.20. The quantitative estimate of drug-likeness (QED) is 0.484. The van der Waals surface area contributed by atoms with Crippen molar-refractivity contribution in [2.45, 2.75) is 25.3 Å². The van der Waals surface area contributed by atoms with E-state index in [0.717, 1.165) is 0 Å². The van der Waals surface area contributed by atoms with Crippen molar-refractivity contribution < 1.29 is 0 Å². The average molecular weight is 167 g/mol. The van der Waals surface area contributed by atoms with Crippen LogP contribution in [0.1, 0.15) is 19.3 Å². The number of allylic oxidation sites excluding steroid dienone is 1. The Bertz CT molecular complexity index is 184. The third-order valence-corrected chi connectivity index (χ3v) is 2.17. The van der Waals surface area contributed by atoms with Crippen molar-refractivity contribution >= 4 is 6.21 Å². The number of nitrogens with zero attached hydrogens (tertiary/aromatic N) is 1. The van der Waals surface area contributed by atoms with Gasteiger partial charge in [-0.15, -0.1) is 0 Å². The Labute approximate surface area is 73.9 Å². The first-order valence-electron chi connectivity index (χ1n) is 4.45. The molecule has 0 spiro atoms. The maximum atomic E-state index is 4.01. The molecule has 0 bridgehead atoms.